The Morgan fingerprint density at radius 2 is 2.20 bits per heavy atom. The zero-order chi connectivity index (χ0) is 14.5. The van der Waals surface area contributed by atoms with Gasteiger partial charge in [0.2, 0.25) is 5.91 Å². The number of aliphatic hydroxyl groups is 1. The smallest absolute Gasteiger partial charge is 0.328 e. The molecule has 2 heterocycles. The van der Waals surface area contributed by atoms with Crippen LogP contribution in [-0.4, -0.2) is 39.7 Å². The maximum absolute atomic E-state index is 11.7. The molecule has 2 aromatic heterocycles. The molecule has 6 nitrogen and oxygen atoms in total. The van der Waals surface area contributed by atoms with Crippen molar-refractivity contribution in [2.45, 2.75) is 12.5 Å². The Hall–Kier alpha value is -1.77. The number of rotatable bonds is 6. The van der Waals surface area contributed by atoms with Gasteiger partial charge in [0.25, 0.3) is 0 Å². The second-order valence-electron chi connectivity index (χ2n) is 3.97. The minimum absolute atomic E-state index is 0.00951. The highest BCUT2D eigenvalue weighted by Crippen LogP contribution is 2.25. The van der Waals surface area contributed by atoms with Crippen LogP contribution in [0, 0.1) is 0 Å². The molecule has 20 heavy (non-hydrogen) atoms. The number of carboxylic acids is 1. The van der Waals surface area contributed by atoms with E-state index in [-0.39, 0.29) is 6.42 Å². The molecular weight excluding hydrogens is 300 g/mol. The van der Waals surface area contributed by atoms with E-state index < -0.39 is 24.5 Å². The van der Waals surface area contributed by atoms with E-state index in [9.17, 15) is 9.59 Å². The minimum Gasteiger partial charge on any atom is -0.480 e. The lowest BCUT2D eigenvalue weighted by molar-refractivity contribution is -0.142. The largest absolute Gasteiger partial charge is 0.480 e. The van der Waals surface area contributed by atoms with Gasteiger partial charge in [-0.1, -0.05) is 0 Å². The molecule has 0 radical (unpaired) electrons. The zero-order valence-electron chi connectivity index (χ0n) is 10.3. The predicted octanol–water partition coefficient (Wildman–Crippen LogP) is 0.976. The van der Waals surface area contributed by atoms with Gasteiger partial charge in [0.05, 0.1) is 18.7 Å². The summed E-state index contributed by atoms with van der Waals surface area (Å²) in [4.78, 5) is 26.7. The van der Waals surface area contributed by atoms with Crippen LogP contribution in [0.15, 0.2) is 22.2 Å². The first-order chi connectivity index (χ1) is 9.60. The van der Waals surface area contributed by atoms with E-state index in [0.717, 1.165) is 10.6 Å². The molecule has 0 aliphatic heterocycles. The lowest BCUT2D eigenvalue weighted by atomic mass is 10.2. The average Bonchev–Trinajstić information content (AvgIpc) is 3.05. The molecule has 0 unspecified atom stereocenters. The van der Waals surface area contributed by atoms with Gasteiger partial charge >= 0.3 is 5.97 Å². The Morgan fingerprint density at radius 3 is 2.80 bits per heavy atom. The van der Waals surface area contributed by atoms with Crippen molar-refractivity contribution in [3.8, 4) is 10.6 Å². The standard InChI is InChI=1S/C12H12N2O4S2/c15-4-9(12(17)18)14-10(16)3-8-6-20-11(13-8)7-1-2-19-5-7/h1-2,5-6,9,15H,3-4H2,(H,14,16)(H,17,18)/t9-/m1/s1. The lowest BCUT2D eigenvalue weighted by Gasteiger charge is -2.10. The quantitative estimate of drug-likeness (QED) is 0.738. The molecule has 3 N–H and O–H groups in total. The fourth-order valence-electron chi connectivity index (χ4n) is 1.50. The molecule has 1 amide bonds. The van der Waals surface area contributed by atoms with Crippen molar-refractivity contribution in [2.75, 3.05) is 6.61 Å². The number of carboxylic acid groups (broad SMARTS) is 1. The molecule has 0 aliphatic carbocycles. The van der Waals surface area contributed by atoms with Crippen LogP contribution in [-0.2, 0) is 16.0 Å². The molecule has 2 aromatic rings. The number of hydrogen-bond acceptors (Lipinski definition) is 6. The molecule has 0 saturated carbocycles. The molecule has 0 spiro atoms. The Kier molecular flexibility index (Phi) is 4.83. The topological polar surface area (TPSA) is 99.5 Å². The summed E-state index contributed by atoms with van der Waals surface area (Å²) in [6.45, 7) is -0.641. The van der Waals surface area contributed by atoms with Crippen LogP contribution in [0.5, 0.6) is 0 Å². The molecular formula is C12H12N2O4S2. The highest BCUT2D eigenvalue weighted by Gasteiger charge is 2.19. The highest BCUT2D eigenvalue weighted by atomic mass is 32.1. The zero-order valence-corrected chi connectivity index (χ0v) is 11.9. The molecule has 0 saturated heterocycles. The van der Waals surface area contributed by atoms with Crippen molar-refractivity contribution in [3.63, 3.8) is 0 Å². The summed E-state index contributed by atoms with van der Waals surface area (Å²) in [5, 5.41) is 26.3. The van der Waals surface area contributed by atoms with E-state index in [4.69, 9.17) is 10.2 Å². The van der Waals surface area contributed by atoms with Gasteiger partial charge in [-0.25, -0.2) is 9.78 Å². The SMILES string of the molecule is O=C(Cc1csc(-c2ccsc2)n1)N[C@H](CO)C(=O)O. The molecule has 2 rings (SSSR count). The van der Waals surface area contributed by atoms with Crippen LogP contribution in [0.1, 0.15) is 5.69 Å². The molecule has 1 atom stereocenters. The molecule has 0 aromatic carbocycles. The summed E-state index contributed by atoms with van der Waals surface area (Å²) < 4.78 is 0. The fourth-order valence-corrected chi connectivity index (χ4v) is 3.03. The van der Waals surface area contributed by atoms with Crippen LogP contribution >= 0.6 is 22.7 Å². The maximum atomic E-state index is 11.7. The summed E-state index contributed by atoms with van der Waals surface area (Å²) in [5.74, 6) is -1.74. The highest BCUT2D eigenvalue weighted by molar-refractivity contribution is 7.14. The van der Waals surface area contributed by atoms with Gasteiger partial charge in [-0.3, -0.25) is 4.79 Å². The van der Waals surface area contributed by atoms with E-state index in [1.165, 1.54) is 11.3 Å². The second-order valence-corrected chi connectivity index (χ2v) is 5.61. The number of aliphatic hydroxyl groups excluding tert-OH is 1. The van der Waals surface area contributed by atoms with Gasteiger partial charge in [-0.05, 0) is 11.4 Å². The predicted molar refractivity (Wildman–Crippen MR) is 75.8 cm³/mol. The van der Waals surface area contributed by atoms with E-state index in [1.807, 2.05) is 16.8 Å². The van der Waals surface area contributed by atoms with Crippen molar-refractivity contribution in [3.05, 3.63) is 27.9 Å². The van der Waals surface area contributed by atoms with Crippen molar-refractivity contribution < 1.29 is 19.8 Å². The van der Waals surface area contributed by atoms with Gasteiger partial charge in [0.1, 0.15) is 11.0 Å². The number of thiophene rings is 1. The number of carbonyl (C=O) groups excluding carboxylic acids is 1. The number of aliphatic carboxylic acids is 1. The van der Waals surface area contributed by atoms with E-state index >= 15 is 0 Å². The third kappa shape index (κ3) is 3.62. The molecule has 8 heteroatoms. The number of thiazole rings is 1. The normalized spacial score (nSPS) is 12.1. The third-order valence-corrected chi connectivity index (χ3v) is 4.10. The van der Waals surface area contributed by atoms with Crippen LogP contribution in [0.4, 0.5) is 0 Å². The number of hydrogen-bond donors (Lipinski definition) is 3. The summed E-state index contributed by atoms with van der Waals surface area (Å²) in [7, 11) is 0. The lowest BCUT2D eigenvalue weighted by Crippen LogP contribution is -2.43. The minimum atomic E-state index is -1.28. The molecule has 0 fully saturated rings. The number of carbonyl (C=O) groups is 2. The third-order valence-electron chi connectivity index (χ3n) is 2.48. The summed E-state index contributed by atoms with van der Waals surface area (Å²) >= 11 is 3.00. The van der Waals surface area contributed by atoms with Gasteiger partial charge < -0.3 is 15.5 Å². The van der Waals surface area contributed by atoms with E-state index in [0.29, 0.717) is 5.69 Å². The number of nitrogens with zero attached hydrogens (tertiary/aromatic N) is 1. The Morgan fingerprint density at radius 1 is 1.40 bits per heavy atom. The average molecular weight is 312 g/mol. The number of aromatic nitrogens is 1. The molecule has 106 valence electrons. The van der Waals surface area contributed by atoms with Crippen molar-refractivity contribution in [1.29, 1.82) is 0 Å². The molecule has 0 bridgehead atoms. The first-order valence-corrected chi connectivity index (χ1v) is 7.52. The number of amides is 1. The van der Waals surface area contributed by atoms with Crippen molar-refractivity contribution >= 4 is 34.6 Å². The van der Waals surface area contributed by atoms with Gasteiger partial charge in [0, 0.05) is 16.3 Å². The summed E-state index contributed by atoms with van der Waals surface area (Å²) in [6, 6.07) is 0.664. The summed E-state index contributed by atoms with van der Waals surface area (Å²) in [5.41, 5.74) is 1.58. The van der Waals surface area contributed by atoms with Gasteiger partial charge in [0.15, 0.2) is 0 Å². The van der Waals surface area contributed by atoms with E-state index in [1.54, 1.807) is 16.7 Å². The van der Waals surface area contributed by atoms with Crippen molar-refractivity contribution in [2.24, 2.45) is 0 Å². The molecule has 0 aliphatic rings. The van der Waals surface area contributed by atoms with E-state index in [2.05, 4.69) is 10.3 Å². The first kappa shape index (κ1) is 14.6. The second kappa shape index (κ2) is 6.60. The van der Waals surface area contributed by atoms with Crippen molar-refractivity contribution in [1.82, 2.24) is 10.3 Å². The fraction of sp³-hybridized carbons (Fsp3) is 0.250. The Labute approximate surface area is 122 Å². The van der Waals surface area contributed by atoms with Gasteiger partial charge in [-0.2, -0.15) is 11.3 Å². The monoisotopic (exact) mass is 312 g/mol. The first-order valence-electron chi connectivity index (χ1n) is 5.70. The van der Waals surface area contributed by atoms with Crippen LogP contribution < -0.4 is 5.32 Å². The maximum Gasteiger partial charge on any atom is 0.328 e. The van der Waals surface area contributed by atoms with Gasteiger partial charge in [-0.15, -0.1) is 11.3 Å². The number of nitrogens with one attached hydrogen (secondary N) is 1. The van der Waals surface area contributed by atoms with Crippen LogP contribution in [0.3, 0.4) is 0 Å². The van der Waals surface area contributed by atoms with Crippen LogP contribution in [0.25, 0.3) is 10.6 Å². The van der Waals surface area contributed by atoms with Crippen LogP contribution in [0.2, 0.25) is 0 Å². The summed E-state index contributed by atoms with van der Waals surface area (Å²) in [6.07, 6.45) is -0.00951. The Balaban J connectivity index is 1.97. The Bertz CT molecular complexity index is 594.